The molecule has 18 heavy (non-hydrogen) atoms. The Balaban J connectivity index is 1.92. The van der Waals surface area contributed by atoms with Crippen molar-refractivity contribution in [2.24, 2.45) is 0 Å². The second kappa shape index (κ2) is 5.82. The van der Waals surface area contributed by atoms with Gasteiger partial charge in [-0.25, -0.2) is 4.39 Å². The van der Waals surface area contributed by atoms with Crippen molar-refractivity contribution in [1.29, 1.82) is 0 Å². The molecule has 1 aromatic carbocycles. The van der Waals surface area contributed by atoms with Crippen molar-refractivity contribution in [2.75, 3.05) is 38.2 Å². The first-order valence-corrected chi connectivity index (χ1v) is 6.03. The fourth-order valence-corrected chi connectivity index (χ4v) is 1.94. The predicted octanol–water partition coefficient (Wildman–Crippen LogP) is 1.40. The van der Waals surface area contributed by atoms with Crippen LogP contribution in [-0.2, 0) is 9.53 Å². The van der Waals surface area contributed by atoms with Gasteiger partial charge < -0.3 is 15.0 Å². The number of ether oxygens (including phenoxy) is 1. The molecule has 2 rings (SSSR count). The maximum absolute atomic E-state index is 13.5. The average molecular weight is 252 g/mol. The summed E-state index contributed by atoms with van der Waals surface area (Å²) in [7, 11) is 0. The fourth-order valence-electron chi connectivity index (χ4n) is 1.94. The van der Waals surface area contributed by atoms with Crippen LogP contribution in [-0.4, -0.2) is 43.7 Å². The number of nitrogens with one attached hydrogen (secondary N) is 1. The summed E-state index contributed by atoms with van der Waals surface area (Å²) in [6.45, 7) is 4.29. The Morgan fingerprint density at radius 1 is 1.44 bits per heavy atom. The number of anilines is 1. The lowest BCUT2D eigenvalue weighted by Gasteiger charge is -2.27. The van der Waals surface area contributed by atoms with E-state index < -0.39 is 0 Å². The molecule has 0 saturated carbocycles. The van der Waals surface area contributed by atoms with Gasteiger partial charge >= 0.3 is 0 Å². The summed E-state index contributed by atoms with van der Waals surface area (Å²) >= 11 is 0. The molecule has 0 spiro atoms. The molecular formula is C13H17FN2O2. The van der Waals surface area contributed by atoms with E-state index in [4.69, 9.17) is 4.74 Å². The Hall–Kier alpha value is -1.62. The molecule has 1 amide bonds. The normalized spacial score (nSPS) is 15.6. The summed E-state index contributed by atoms with van der Waals surface area (Å²) in [5, 5.41) is 2.87. The lowest BCUT2D eigenvalue weighted by molar-refractivity contribution is -0.133. The van der Waals surface area contributed by atoms with Crippen LogP contribution >= 0.6 is 0 Å². The van der Waals surface area contributed by atoms with Gasteiger partial charge in [0.2, 0.25) is 5.91 Å². The zero-order valence-corrected chi connectivity index (χ0v) is 10.4. The van der Waals surface area contributed by atoms with Crippen LogP contribution in [0.15, 0.2) is 18.2 Å². The van der Waals surface area contributed by atoms with Gasteiger partial charge in [0.15, 0.2) is 0 Å². The molecule has 1 aliphatic rings. The SMILES string of the molecule is Cc1cccc(F)c1NCC(=O)N1CCOCC1. The molecule has 0 bridgehead atoms. The van der Waals surface area contributed by atoms with Gasteiger partial charge in [0.25, 0.3) is 0 Å². The maximum Gasteiger partial charge on any atom is 0.242 e. The molecular weight excluding hydrogens is 235 g/mol. The Kier molecular flexibility index (Phi) is 4.15. The van der Waals surface area contributed by atoms with Crippen LogP contribution in [0.3, 0.4) is 0 Å². The molecule has 1 heterocycles. The maximum atomic E-state index is 13.5. The number of para-hydroxylation sites is 1. The van der Waals surface area contributed by atoms with E-state index in [-0.39, 0.29) is 18.3 Å². The Bertz CT molecular complexity index is 411. The summed E-state index contributed by atoms with van der Waals surface area (Å²) in [6, 6.07) is 4.85. The quantitative estimate of drug-likeness (QED) is 0.884. The molecule has 4 nitrogen and oxygen atoms in total. The minimum Gasteiger partial charge on any atom is -0.378 e. The predicted molar refractivity (Wildman–Crippen MR) is 67.0 cm³/mol. The van der Waals surface area contributed by atoms with Crippen molar-refractivity contribution in [3.05, 3.63) is 29.6 Å². The first-order valence-electron chi connectivity index (χ1n) is 6.03. The second-order valence-electron chi connectivity index (χ2n) is 4.28. The minimum atomic E-state index is -0.329. The van der Waals surface area contributed by atoms with Crippen LogP contribution in [0.25, 0.3) is 0 Å². The third kappa shape index (κ3) is 2.98. The molecule has 0 unspecified atom stereocenters. The van der Waals surface area contributed by atoms with Crippen molar-refractivity contribution in [3.63, 3.8) is 0 Å². The number of aryl methyl sites for hydroxylation is 1. The summed E-state index contributed by atoms with van der Waals surface area (Å²) in [4.78, 5) is 13.6. The topological polar surface area (TPSA) is 41.6 Å². The lowest BCUT2D eigenvalue weighted by atomic mass is 10.2. The Morgan fingerprint density at radius 2 is 2.17 bits per heavy atom. The highest BCUT2D eigenvalue weighted by Crippen LogP contribution is 2.18. The highest BCUT2D eigenvalue weighted by molar-refractivity contribution is 5.81. The molecule has 1 aliphatic heterocycles. The first kappa shape index (κ1) is 12.8. The van der Waals surface area contributed by atoms with Gasteiger partial charge in [0.1, 0.15) is 5.82 Å². The van der Waals surface area contributed by atoms with Gasteiger partial charge in [-0.15, -0.1) is 0 Å². The summed E-state index contributed by atoms with van der Waals surface area (Å²) in [5.41, 5.74) is 1.20. The summed E-state index contributed by atoms with van der Waals surface area (Å²) in [5.74, 6) is -0.356. The van der Waals surface area contributed by atoms with Crippen molar-refractivity contribution in [2.45, 2.75) is 6.92 Å². The number of carbonyl (C=O) groups excluding carboxylic acids is 1. The third-order valence-corrected chi connectivity index (χ3v) is 3.00. The van der Waals surface area contributed by atoms with Crippen molar-refractivity contribution in [3.8, 4) is 0 Å². The molecule has 98 valence electrons. The molecule has 1 fully saturated rings. The Labute approximate surface area is 106 Å². The molecule has 0 radical (unpaired) electrons. The van der Waals surface area contributed by atoms with Crippen LogP contribution in [0.4, 0.5) is 10.1 Å². The van der Waals surface area contributed by atoms with Gasteiger partial charge in [-0.1, -0.05) is 12.1 Å². The molecule has 0 aromatic heterocycles. The number of hydrogen-bond donors (Lipinski definition) is 1. The van der Waals surface area contributed by atoms with Crippen LogP contribution in [0.5, 0.6) is 0 Å². The number of hydrogen-bond acceptors (Lipinski definition) is 3. The highest BCUT2D eigenvalue weighted by Gasteiger charge is 2.17. The van der Waals surface area contributed by atoms with E-state index in [1.165, 1.54) is 6.07 Å². The number of amides is 1. The number of halogens is 1. The third-order valence-electron chi connectivity index (χ3n) is 3.00. The fraction of sp³-hybridized carbons (Fsp3) is 0.462. The van der Waals surface area contributed by atoms with Gasteiger partial charge in [-0.05, 0) is 18.6 Å². The average Bonchev–Trinajstić information content (AvgIpc) is 2.39. The zero-order valence-electron chi connectivity index (χ0n) is 10.4. The number of rotatable bonds is 3. The number of carbonyl (C=O) groups is 1. The molecule has 1 saturated heterocycles. The smallest absolute Gasteiger partial charge is 0.242 e. The van der Waals surface area contributed by atoms with Crippen LogP contribution in [0.2, 0.25) is 0 Å². The highest BCUT2D eigenvalue weighted by atomic mass is 19.1. The van der Waals surface area contributed by atoms with E-state index in [9.17, 15) is 9.18 Å². The van der Waals surface area contributed by atoms with Crippen LogP contribution < -0.4 is 5.32 Å². The number of morpholine rings is 1. The molecule has 1 aromatic rings. The zero-order chi connectivity index (χ0) is 13.0. The number of benzene rings is 1. The minimum absolute atomic E-state index is 0.0269. The van der Waals surface area contributed by atoms with Crippen molar-refractivity contribution < 1.29 is 13.9 Å². The van der Waals surface area contributed by atoms with E-state index in [0.29, 0.717) is 32.0 Å². The van der Waals surface area contributed by atoms with E-state index in [1.54, 1.807) is 11.0 Å². The molecule has 1 N–H and O–H groups in total. The van der Waals surface area contributed by atoms with E-state index in [0.717, 1.165) is 5.56 Å². The van der Waals surface area contributed by atoms with E-state index >= 15 is 0 Å². The second-order valence-corrected chi connectivity index (χ2v) is 4.28. The standard InChI is InChI=1S/C13H17FN2O2/c1-10-3-2-4-11(14)13(10)15-9-12(17)16-5-7-18-8-6-16/h2-4,15H,5-9H2,1H3. The molecule has 0 aliphatic carbocycles. The van der Waals surface area contributed by atoms with Gasteiger partial charge in [-0.2, -0.15) is 0 Å². The van der Waals surface area contributed by atoms with Crippen LogP contribution in [0, 0.1) is 12.7 Å². The van der Waals surface area contributed by atoms with E-state index in [2.05, 4.69) is 5.32 Å². The first-order chi connectivity index (χ1) is 8.68. The van der Waals surface area contributed by atoms with Gasteiger partial charge in [-0.3, -0.25) is 4.79 Å². The monoisotopic (exact) mass is 252 g/mol. The van der Waals surface area contributed by atoms with Crippen LogP contribution in [0.1, 0.15) is 5.56 Å². The number of nitrogens with zero attached hydrogens (tertiary/aromatic N) is 1. The lowest BCUT2D eigenvalue weighted by Crippen LogP contribution is -2.43. The van der Waals surface area contributed by atoms with Crippen molar-refractivity contribution >= 4 is 11.6 Å². The van der Waals surface area contributed by atoms with E-state index in [1.807, 2.05) is 13.0 Å². The largest absolute Gasteiger partial charge is 0.378 e. The molecule has 0 atom stereocenters. The Morgan fingerprint density at radius 3 is 2.83 bits per heavy atom. The molecule has 5 heteroatoms. The van der Waals surface area contributed by atoms with Gasteiger partial charge in [0, 0.05) is 13.1 Å². The van der Waals surface area contributed by atoms with Crippen molar-refractivity contribution in [1.82, 2.24) is 4.90 Å². The summed E-state index contributed by atoms with van der Waals surface area (Å²) < 4.78 is 18.7. The van der Waals surface area contributed by atoms with Gasteiger partial charge in [0.05, 0.1) is 25.4 Å². The summed E-state index contributed by atoms with van der Waals surface area (Å²) in [6.07, 6.45) is 0.